The molecule has 2 nitrogen and oxygen atoms in total. The maximum atomic E-state index is 6.11. The maximum Gasteiger partial charge on any atom is 0.0664 e. The van der Waals surface area contributed by atoms with Crippen molar-refractivity contribution in [2.75, 3.05) is 13.7 Å². The van der Waals surface area contributed by atoms with E-state index in [0.29, 0.717) is 6.61 Å². The molecule has 16 heavy (non-hydrogen) atoms. The average Bonchev–Trinajstić information content (AvgIpc) is 2.24. The first-order valence-electron chi connectivity index (χ1n) is 5.60. The summed E-state index contributed by atoms with van der Waals surface area (Å²) in [6, 6.07) is 6.17. The molecule has 1 atom stereocenters. The molecule has 0 heterocycles. The Morgan fingerprint density at radius 2 is 2.06 bits per heavy atom. The molecule has 0 amide bonds. The van der Waals surface area contributed by atoms with Gasteiger partial charge in [-0.1, -0.05) is 23.7 Å². The fourth-order valence-corrected chi connectivity index (χ4v) is 1.80. The largest absolute Gasteiger partial charge is 0.377 e. The molecule has 0 aliphatic rings. The van der Waals surface area contributed by atoms with Crippen molar-refractivity contribution in [1.82, 2.24) is 5.32 Å². The Bertz CT molecular complexity index is 339. The molecule has 0 radical (unpaired) electrons. The Morgan fingerprint density at radius 3 is 2.62 bits per heavy atom. The second-order valence-corrected chi connectivity index (χ2v) is 4.58. The van der Waals surface area contributed by atoms with Crippen LogP contribution in [0, 0.1) is 6.92 Å². The van der Waals surface area contributed by atoms with Crippen LogP contribution in [-0.2, 0) is 4.74 Å². The number of nitrogens with one attached hydrogen (secondary N) is 1. The van der Waals surface area contributed by atoms with E-state index in [-0.39, 0.29) is 12.1 Å². The summed E-state index contributed by atoms with van der Waals surface area (Å²) in [5.41, 5.74) is 2.33. The molecule has 0 aromatic heterocycles. The lowest BCUT2D eigenvalue weighted by Gasteiger charge is -2.20. The smallest absolute Gasteiger partial charge is 0.0664 e. The molecule has 1 unspecified atom stereocenters. The molecule has 1 aromatic carbocycles. The van der Waals surface area contributed by atoms with Gasteiger partial charge in [0.05, 0.1) is 18.8 Å². The summed E-state index contributed by atoms with van der Waals surface area (Å²) >= 11 is 6.11. The van der Waals surface area contributed by atoms with Gasteiger partial charge in [0, 0.05) is 5.02 Å². The minimum absolute atomic E-state index is 0.195. The van der Waals surface area contributed by atoms with E-state index in [4.69, 9.17) is 16.3 Å². The van der Waals surface area contributed by atoms with E-state index in [0.717, 1.165) is 10.6 Å². The zero-order chi connectivity index (χ0) is 12.1. The van der Waals surface area contributed by atoms with Crippen molar-refractivity contribution in [1.29, 1.82) is 0 Å². The van der Waals surface area contributed by atoms with Gasteiger partial charge in [0.25, 0.3) is 0 Å². The lowest BCUT2D eigenvalue weighted by atomic mass is 10.0. The third-order valence-electron chi connectivity index (χ3n) is 2.63. The quantitative estimate of drug-likeness (QED) is 0.854. The van der Waals surface area contributed by atoms with Crippen molar-refractivity contribution in [2.24, 2.45) is 0 Å². The monoisotopic (exact) mass is 241 g/mol. The summed E-state index contributed by atoms with van der Waals surface area (Å²) in [7, 11) is 1.94. The van der Waals surface area contributed by atoms with Crippen LogP contribution in [0.2, 0.25) is 5.02 Å². The van der Waals surface area contributed by atoms with Crippen LogP contribution >= 0.6 is 11.6 Å². The van der Waals surface area contributed by atoms with Gasteiger partial charge in [-0.15, -0.1) is 0 Å². The fourth-order valence-electron chi connectivity index (χ4n) is 1.62. The van der Waals surface area contributed by atoms with E-state index < -0.39 is 0 Å². The molecule has 0 aliphatic heterocycles. The van der Waals surface area contributed by atoms with Gasteiger partial charge in [-0.25, -0.2) is 0 Å². The SMILES string of the molecule is CNC(COC(C)C)c1cccc(Cl)c1C. The molecular formula is C13H20ClNO. The standard InChI is InChI=1S/C13H20ClNO/c1-9(2)16-8-13(15-4)11-6-5-7-12(14)10(11)3/h5-7,9,13,15H,8H2,1-4H3. The summed E-state index contributed by atoms with van der Waals surface area (Å²) < 4.78 is 5.64. The zero-order valence-corrected chi connectivity index (χ0v) is 11.1. The molecule has 0 aliphatic carbocycles. The zero-order valence-electron chi connectivity index (χ0n) is 10.4. The topological polar surface area (TPSA) is 21.3 Å². The third kappa shape index (κ3) is 3.48. The second-order valence-electron chi connectivity index (χ2n) is 4.18. The Labute approximate surface area is 103 Å². The molecule has 1 N–H and O–H groups in total. The van der Waals surface area contributed by atoms with Crippen molar-refractivity contribution >= 4 is 11.6 Å². The first-order valence-corrected chi connectivity index (χ1v) is 5.98. The summed E-state index contributed by atoms with van der Waals surface area (Å²) in [5.74, 6) is 0. The molecule has 0 saturated heterocycles. The third-order valence-corrected chi connectivity index (χ3v) is 3.04. The minimum atomic E-state index is 0.195. The van der Waals surface area contributed by atoms with Gasteiger partial charge in [-0.3, -0.25) is 0 Å². The maximum absolute atomic E-state index is 6.11. The van der Waals surface area contributed by atoms with E-state index in [2.05, 4.69) is 11.4 Å². The predicted octanol–water partition coefficient (Wildman–Crippen LogP) is 3.33. The van der Waals surface area contributed by atoms with Crippen LogP contribution < -0.4 is 5.32 Å². The van der Waals surface area contributed by atoms with Crippen molar-refractivity contribution in [3.63, 3.8) is 0 Å². The normalized spacial score (nSPS) is 13.1. The van der Waals surface area contributed by atoms with Crippen LogP contribution in [0.15, 0.2) is 18.2 Å². The lowest BCUT2D eigenvalue weighted by Crippen LogP contribution is -2.24. The molecular weight excluding hydrogens is 222 g/mol. The van der Waals surface area contributed by atoms with Crippen LogP contribution in [0.1, 0.15) is 31.0 Å². The van der Waals surface area contributed by atoms with E-state index in [1.807, 2.05) is 40.0 Å². The van der Waals surface area contributed by atoms with Gasteiger partial charge in [-0.05, 0) is 45.0 Å². The summed E-state index contributed by atoms with van der Waals surface area (Å²) in [6.45, 7) is 6.78. The van der Waals surface area contributed by atoms with Gasteiger partial charge in [-0.2, -0.15) is 0 Å². The van der Waals surface area contributed by atoms with Crippen LogP contribution in [-0.4, -0.2) is 19.8 Å². The van der Waals surface area contributed by atoms with Crippen LogP contribution in [0.3, 0.4) is 0 Å². The Hall–Kier alpha value is -0.570. The highest BCUT2D eigenvalue weighted by atomic mass is 35.5. The van der Waals surface area contributed by atoms with Crippen LogP contribution in [0.25, 0.3) is 0 Å². The van der Waals surface area contributed by atoms with E-state index in [1.165, 1.54) is 5.56 Å². The summed E-state index contributed by atoms with van der Waals surface area (Å²) in [4.78, 5) is 0. The van der Waals surface area contributed by atoms with Gasteiger partial charge in [0.2, 0.25) is 0 Å². The minimum Gasteiger partial charge on any atom is -0.377 e. The van der Waals surface area contributed by atoms with Crippen LogP contribution in [0.4, 0.5) is 0 Å². The van der Waals surface area contributed by atoms with Gasteiger partial charge in [0.1, 0.15) is 0 Å². The number of rotatable bonds is 5. The lowest BCUT2D eigenvalue weighted by molar-refractivity contribution is 0.0625. The van der Waals surface area contributed by atoms with Gasteiger partial charge >= 0.3 is 0 Å². The molecule has 3 heteroatoms. The molecule has 1 aromatic rings. The first-order chi connectivity index (χ1) is 7.56. The van der Waals surface area contributed by atoms with Crippen molar-refractivity contribution in [3.8, 4) is 0 Å². The summed E-state index contributed by atoms with van der Waals surface area (Å²) in [5, 5.41) is 4.07. The van der Waals surface area contributed by atoms with Crippen molar-refractivity contribution in [2.45, 2.75) is 32.9 Å². The molecule has 1 rings (SSSR count). The fraction of sp³-hybridized carbons (Fsp3) is 0.538. The Kier molecular flexibility index (Phi) is 5.26. The highest BCUT2D eigenvalue weighted by Crippen LogP contribution is 2.24. The first kappa shape index (κ1) is 13.5. The Balaban J connectivity index is 2.82. The molecule has 0 bridgehead atoms. The van der Waals surface area contributed by atoms with Gasteiger partial charge in [0.15, 0.2) is 0 Å². The number of likely N-dealkylation sites (N-methyl/N-ethyl adjacent to an activating group) is 1. The number of hydrogen-bond donors (Lipinski definition) is 1. The number of ether oxygens (including phenoxy) is 1. The predicted molar refractivity (Wildman–Crippen MR) is 69.1 cm³/mol. The van der Waals surface area contributed by atoms with E-state index >= 15 is 0 Å². The molecule has 90 valence electrons. The molecule has 0 spiro atoms. The average molecular weight is 242 g/mol. The molecule has 0 saturated carbocycles. The van der Waals surface area contributed by atoms with Crippen molar-refractivity contribution in [3.05, 3.63) is 34.3 Å². The summed E-state index contributed by atoms with van der Waals surface area (Å²) in [6.07, 6.45) is 0.246. The molecule has 0 fully saturated rings. The second kappa shape index (κ2) is 6.24. The van der Waals surface area contributed by atoms with Gasteiger partial charge < -0.3 is 10.1 Å². The van der Waals surface area contributed by atoms with E-state index in [1.54, 1.807) is 0 Å². The van der Waals surface area contributed by atoms with Crippen LogP contribution in [0.5, 0.6) is 0 Å². The number of benzene rings is 1. The Morgan fingerprint density at radius 1 is 1.38 bits per heavy atom. The highest BCUT2D eigenvalue weighted by molar-refractivity contribution is 6.31. The highest BCUT2D eigenvalue weighted by Gasteiger charge is 2.13. The number of hydrogen-bond acceptors (Lipinski definition) is 2. The number of halogens is 1. The van der Waals surface area contributed by atoms with E-state index in [9.17, 15) is 0 Å². The van der Waals surface area contributed by atoms with Crippen molar-refractivity contribution < 1.29 is 4.74 Å².